The summed E-state index contributed by atoms with van der Waals surface area (Å²) in [7, 11) is 0. The average Bonchev–Trinajstić information content (AvgIpc) is 3.30. The maximum Gasteiger partial charge on any atom is 0.416 e. The van der Waals surface area contributed by atoms with Gasteiger partial charge < -0.3 is 14.4 Å². The van der Waals surface area contributed by atoms with Crippen molar-refractivity contribution in [1.82, 2.24) is 14.7 Å². The highest BCUT2D eigenvalue weighted by Crippen LogP contribution is 2.46. The number of alkyl halides is 3. The second kappa shape index (κ2) is 8.68. The van der Waals surface area contributed by atoms with Crippen molar-refractivity contribution in [3.05, 3.63) is 59.5 Å². The highest BCUT2D eigenvalue weighted by atomic mass is 19.4. The molecule has 0 saturated heterocycles. The number of halogens is 3. The van der Waals surface area contributed by atoms with E-state index < -0.39 is 11.7 Å². The van der Waals surface area contributed by atoms with Gasteiger partial charge in [0.1, 0.15) is 5.76 Å². The maximum atomic E-state index is 13.1. The molecule has 2 atom stereocenters. The molecular formula is C28H31F3N4O. The zero-order chi connectivity index (χ0) is 25.8. The fourth-order valence-corrected chi connectivity index (χ4v) is 5.97. The van der Waals surface area contributed by atoms with Crippen LogP contribution in [0.1, 0.15) is 63.1 Å². The van der Waals surface area contributed by atoms with E-state index in [1.165, 1.54) is 12.1 Å². The predicted molar refractivity (Wildman–Crippen MR) is 135 cm³/mol. The molecule has 8 heteroatoms. The van der Waals surface area contributed by atoms with Gasteiger partial charge in [0.05, 0.1) is 22.3 Å². The third kappa shape index (κ3) is 4.61. The fraction of sp³-hybridized carbons (Fsp3) is 0.429. The number of benzene rings is 2. The quantitative estimate of drug-likeness (QED) is 0.308. The Kier molecular flexibility index (Phi) is 5.88. The average molecular weight is 497 g/mol. The highest BCUT2D eigenvalue weighted by Gasteiger charge is 2.35. The molecule has 2 heterocycles. The summed E-state index contributed by atoms with van der Waals surface area (Å²) in [5, 5.41) is 7.39. The summed E-state index contributed by atoms with van der Waals surface area (Å²) in [5.41, 5.74) is 4.63. The van der Waals surface area contributed by atoms with Crippen LogP contribution in [-0.2, 0) is 6.18 Å². The van der Waals surface area contributed by atoms with Crippen LogP contribution < -0.4 is 5.32 Å². The Morgan fingerprint density at radius 2 is 1.78 bits per heavy atom. The summed E-state index contributed by atoms with van der Waals surface area (Å²) in [4.78, 5) is 4.94. The molecule has 0 amide bonds. The lowest BCUT2D eigenvalue weighted by Gasteiger charge is -2.40. The van der Waals surface area contributed by atoms with E-state index in [4.69, 9.17) is 9.51 Å². The number of hydrogen-bond acceptors (Lipinski definition) is 4. The number of rotatable bonds is 4. The molecule has 4 aromatic rings. The molecular weight excluding hydrogens is 465 g/mol. The normalized spacial score (nSPS) is 20.1. The van der Waals surface area contributed by atoms with E-state index in [9.17, 15) is 13.2 Å². The Morgan fingerprint density at radius 3 is 2.39 bits per heavy atom. The van der Waals surface area contributed by atoms with Gasteiger partial charge in [-0.05, 0) is 86.4 Å². The number of anilines is 2. The minimum Gasteiger partial charge on any atom is -0.361 e. The molecule has 0 aliphatic heterocycles. The minimum absolute atomic E-state index is 0.182. The van der Waals surface area contributed by atoms with E-state index in [-0.39, 0.29) is 11.5 Å². The van der Waals surface area contributed by atoms with Crippen molar-refractivity contribution in [3.8, 4) is 11.1 Å². The third-order valence-corrected chi connectivity index (χ3v) is 7.21. The number of nitrogens with one attached hydrogen (secondary N) is 1. The van der Waals surface area contributed by atoms with Crippen molar-refractivity contribution in [2.45, 2.75) is 66.1 Å². The Morgan fingerprint density at radius 1 is 1.06 bits per heavy atom. The van der Waals surface area contributed by atoms with E-state index in [0.717, 1.165) is 65.0 Å². The molecule has 0 radical (unpaired) electrons. The summed E-state index contributed by atoms with van der Waals surface area (Å²) in [6.07, 6.45) is -1.20. The van der Waals surface area contributed by atoms with Gasteiger partial charge in [-0.3, -0.25) is 0 Å². The Hall–Kier alpha value is -3.29. The van der Waals surface area contributed by atoms with Crippen LogP contribution >= 0.6 is 0 Å². The first-order chi connectivity index (χ1) is 16.9. The number of hydrogen-bond donors (Lipinski definition) is 1. The van der Waals surface area contributed by atoms with Crippen molar-refractivity contribution in [1.29, 1.82) is 0 Å². The lowest BCUT2D eigenvalue weighted by molar-refractivity contribution is -0.137. The first kappa shape index (κ1) is 24.4. The predicted octanol–water partition coefficient (Wildman–Crippen LogP) is 8.46. The monoisotopic (exact) mass is 496 g/mol. The molecule has 190 valence electrons. The molecule has 0 spiro atoms. The first-order valence-corrected chi connectivity index (χ1v) is 12.3. The van der Waals surface area contributed by atoms with Crippen LogP contribution in [-0.4, -0.2) is 14.7 Å². The number of imidazole rings is 1. The minimum atomic E-state index is -4.37. The molecule has 0 unspecified atom stereocenters. The van der Waals surface area contributed by atoms with Gasteiger partial charge in [-0.15, -0.1) is 0 Å². The van der Waals surface area contributed by atoms with E-state index in [0.29, 0.717) is 17.6 Å². The zero-order valence-electron chi connectivity index (χ0n) is 21.2. The molecule has 5 nitrogen and oxygen atoms in total. The molecule has 36 heavy (non-hydrogen) atoms. The van der Waals surface area contributed by atoms with Crippen LogP contribution in [0.3, 0.4) is 0 Å². The molecule has 5 rings (SSSR count). The molecule has 2 aromatic heterocycles. The Bertz CT molecular complexity index is 1380. The molecule has 1 aliphatic rings. The van der Waals surface area contributed by atoms with Crippen LogP contribution in [0, 0.1) is 25.2 Å². The smallest absolute Gasteiger partial charge is 0.361 e. The van der Waals surface area contributed by atoms with Crippen molar-refractivity contribution < 1.29 is 17.7 Å². The van der Waals surface area contributed by atoms with Gasteiger partial charge in [0.2, 0.25) is 5.95 Å². The van der Waals surface area contributed by atoms with Crippen LogP contribution in [0.5, 0.6) is 0 Å². The van der Waals surface area contributed by atoms with Gasteiger partial charge in [-0.25, -0.2) is 4.98 Å². The van der Waals surface area contributed by atoms with Crippen molar-refractivity contribution in [3.63, 3.8) is 0 Å². The standard InChI is InChI=1S/C28H31F3N4O/c1-16-12-22(15-27(4,5)14-16)35-24-11-6-19(25-17(2)34-36-18(25)3)13-23(24)33-26(35)32-21-9-7-20(8-10-21)28(29,30)31/h6-11,13,16,22H,12,14-15H2,1-5H3,(H,32,33)/t16-,22+/m1/s1. The second-order valence-electron chi connectivity index (χ2n) is 11.0. The molecule has 1 N–H and O–H groups in total. The lowest BCUT2D eigenvalue weighted by Crippen LogP contribution is -2.29. The van der Waals surface area contributed by atoms with Crippen molar-refractivity contribution in [2.24, 2.45) is 11.3 Å². The van der Waals surface area contributed by atoms with Gasteiger partial charge in [-0.1, -0.05) is 32.0 Å². The van der Waals surface area contributed by atoms with Gasteiger partial charge in [0.25, 0.3) is 0 Å². The molecule has 1 fully saturated rings. The molecule has 0 bridgehead atoms. The van der Waals surface area contributed by atoms with Gasteiger partial charge in [0.15, 0.2) is 0 Å². The summed E-state index contributed by atoms with van der Waals surface area (Å²) in [6, 6.07) is 11.5. The van der Waals surface area contributed by atoms with Crippen LogP contribution in [0.2, 0.25) is 0 Å². The lowest BCUT2D eigenvalue weighted by atomic mass is 9.70. The third-order valence-electron chi connectivity index (χ3n) is 7.21. The van der Waals surface area contributed by atoms with E-state index in [2.05, 4.69) is 47.9 Å². The summed E-state index contributed by atoms with van der Waals surface area (Å²) < 4.78 is 46.8. The Balaban J connectivity index is 1.60. The first-order valence-electron chi connectivity index (χ1n) is 12.3. The molecule has 2 aromatic carbocycles. The number of nitrogens with zero attached hydrogens (tertiary/aromatic N) is 3. The van der Waals surface area contributed by atoms with Gasteiger partial charge in [-0.2, -0.15) is 13.2 Å². The van der Waals surface area contributed by atoms with E-state index in [1.54, 1.807) is 0 Å². The number of fused-ring (bicyclic) bond motifs is 1. The number of aryl methyl sites for hydroxylation is 2. The van der Waals surface area contributed by atoms with Crippen molar-refractivity contribution >= 4 is 22.7 Å². The zero-order valence-corrected chi connectivity index (χ0v) is 21.2. The summed E-state index contributed by atoms with van der Waals surface area (Å²) in [5.74, 6) is 1.93. The van der Waals surface area contributed by atoms with Crippen LogP contribution in [0.4, 0.5) is 24.8 Å². The fourth-order valence-electron chi connectivity index (χ4n) is 5.97. The second-order valence-corrected chi connectivity index (χ2v) is 11.0. The van der Waals surface area contributed by atoms with Crippen molar-refractivity contribution in [2.75, 3.05) is 5.32 Å². The summed E-state index contributed by atoms with van der Waals surface area (Å²) in [6.45, 7) is 10.7. The largest absolute Gasteiger partial charge is 0.416 e. The molecule has 1 aliphatic carbocycles. The SMILES string of the molecule is Cc1noc(C)c1-c1ccc2c(c1)nc(Nc1ccc(C(F)(F)F)cc1)n2[C@H]1C[C@@H](C)CC(C)(C)C1. The topological polar surface area (TPSA) is 55.9 Å². The van der Waals surface area contributed by atoms with Crippen LogP contribution in [0.15, 0.2) is 47.0 Å². The van der Waals surface area contributed by atoms with Gasteiger partial charge >= 0.3 is 6.18 Å². The van der Waals surface area contributed by atoms with E-state index in [1.807, 2.05) is 19.9 Å². The Labute approximate surface area is 208 Å². The maximum absolute atomic E-state index is 13.1. The van der Waals surface area contributed by atoms with Gasteiger partial charge in [0, 0.05) is 17.3 Å². The van der Waals surface area contributed by atoms with Crippen LogP contribution in [0.25, 0.3) is 22.2 Å². The van der Waals surface area contributed by atoms with E-state index >= 15 is 0 Å². The molecule has 1 saturated carbocycles. The number of aromatic nitrogens is 3. The summed E-state index contributed by atoms with van der Waals surface area (Å²) >= 11 is 0. The highest BCUT2D eigenvalue weighted by molar-refractivity contribution is 5.86.